The van der Waals surface area contributed by atoms with Gasteiger partial charge in [-0.25, -0.2) is 0 Å². The Kier molecular flexibility index (Phi) is 3.09. The first-order chi connectivity index (χ1) is 7.72. The molecule has 2 rings (SSSR count). The van der Waals surface area contributed by atoms with E-state index in [1.54, 1.807) is 7.11 Å². The minimum Gasteiger partial charge on any atom is -0.484 e. The summed E-state index contributed by atoms with van der Waals surface area (Å²) < 4.78 is 4.94. The van der Waals surface area contributed by atoms with E-state index in [-0.39, 0.29) is 0 Å². The van der Waals surface area contributed by atoms with Gasteiger partial charge in [-0.2, -0.15) is 0 Å². The minimum absolute atomic E-state index is 0.355. The van der Waals surface area contributed by atoms with Crippen LogP contribution in [0.25, 0.3) is 5.57 Å². The van der Waals surface area contributed by atoms with Crippen LogP contribution in [0.3, 0.4) is 0 Å². The van der Waals surface area contributed by atoms with Crippen LogP contribution >= 0.6 is 0 Å². The molecule has 0 unspecified atom stereocenters. The van der Waals surface area contributed by atoms with Gasteiger partial charge in [0.2, 0.25) is 0 Å². The van der Waals surface area contributed by atoms with Crippen molar-refractivity contribution in [1.29, 1.82) is 5.41 Å². The lowest BCUT2D eigenvalue weighted by Crippen LogP contribution is -2.08. The number of benzene rings is 1. The number of rotatable bonds is 2. The fraction of sp³-hybridized carbons (Fsp3) is 0.357. The number of hydrogen-bond donors (Lipinski definition) is 1. The van der Waals surface area contributed by atoms with Gasteiger partial charge in [-0.15, -0.1) is 0 Å². The molecule has 1 aromatic carbocycles. The van der Waals surface area contributed by atoms with Crippen molar-refractivity contribution in [2.75, 3.05) is 7.11 Å². The van der Waals surface area contributed by atoms with Gasteiger partial charge in [0.15, 0.2) is 5.90 Å². The van der Waals surface area contributed by atoms with E-state index in [2.05, 4.69) is 31.2 Å². The van der Waals surface area contributed by atoms with E-state index < -0.39 is 0 Å². The van der Waals surface area contributed by atoms with Crippen molar-refractivity contribution < 1.29 is 4.74 Å². The first-order valence-corrected chi connectivity index (χ1v) is 5.60. The predicted molar refractivity (Wildman–Crippen MR) is 66.7 cm³/mol. The van der Waals surface area contributed by atoms with Crippen molar-refractivity contribution in [3.63, 3.8) is 0 Å². The maximum atomic E-state index is 7.59. The maximum absolute atomic E-state index is 7.59. The minimum atomic E-state index is 0.355. The molecular weight excluding hydrogens is 198 g/mol. The summed E-state index contributed by atoms with van der Waals surface area (Å²) in [6.07, 6.45) is 2.78. The smallest absolute Gasteiger partial charge is 0.184 e. The number of ether oxygens (including phenoxy) is 1. The van der Waals surface area contributed by atoms with Gasteiger partial charge >= 0.3 is 0 Å². The van der Waals surface area contributed by atoms with Crippen LogP contribution in [0.15, 0.2) is 29.8 Å². The van der Waals surface area contributed by atoms with E-state index in [9.17, 15) is 0 Å². The molecule has 1 aliphatic rings. The van der Waals surface area contributed by atoms with Crippen LogP contribution < -0.4 is 0 Å². The summed E-state index contributed by atoms with van der Waals surface area (Å²) in [7, 11) is 1.56. The number of nitrogens with one attached hydrogen (secondary N) is 1. The zero-order valence-electron chi connectivity index (χ0n) is 9.84. The van der Waals surface area contributed by atoms with E-state index in [4.69, 9.17) is 10.1 Å². The van der Waals surface area contributed by atoms with Gasteiger partial charge in [0.25, 0.3) is 0 Å². The maximum Gasteiger partial charge on any atom is 0.184 e. The third-order valence-electron chi connectivity index (χ3n) is 3.27. The fourth-order valence-corrected chi connectivity index (χ4v) is 2.25. The summed E-state index contributed by atoms with van der Waals surface area (Å²) >= 11 is 0. The van der Waals surface area contributed by atoms with Crippen molar-refractivity contribution in [1.82, 2.24) is 0 Å². The summed E-state index contributed by atoms with van der Waals surface area (Å²) in [6.45, 7) is 2.15. The van der Waals surface area contributed by atoms with Gasteiger partial charge in [0.1, 0.15) is 0 Å². The van der Waals surface area contributed by atoms with Crippen LogP contribution in [0.4, 0.5) is 0 Å². The second-order valence-electron chi connectivity index (χ2n) is 4.19. The SMILES string of the molecule is COC(=N)CC1=C(C)c2ccccc2CC1. The average Bonchev–Trinajstić information content (AvgIpc) is 2.33. The molecule has 1 N–H and O–H groups in total. The van der Waals surface area contributed by atoms with Gasteiger partial charge in [-0.1, -0.05) is 29.8 Å². The molecule has 16 heavy (non-hydrogen) atoms. The highest BCUT2D eigenvalue weighted by Gasteiger charge is 2.16. The zero-order valence-corrected chi connectivity index (χ0v) is 9.84. The molecule has 0 aromatic heterocycles. The Labute approximate surface area is 96.5 Å². The van der Waals surface area contributed by atoms with Crippen LogP contribution in [0.2, 0.25) is 0 Å². The zero-order chi connectivity index (χ0) is 11.5. The van der Waals surface area contributed by atoms with Gasteiger partial charge in [0, 0.05) is 6.42 Å². The highest BCUT2D eigenvalue weighted by molar-refractivity contribution is 5.81. The Morgan fingerprint density at radius 1 is 1.31 bits per heavy atom. The second kappa shape index (κ2) is 4.52. The van der Waals surface area contributed by atoms with Crippen molar-refractivity contribution in [3.05, 3.63) is 41.0 Å². The highest BCUT2D eigenvalue weighted by Crippen LogP contribution is 2.32. The molecule has 0 saturated heterocycles. The molecule has 0 fully saturated rings. The standard InChI is InChI=1S/C14H17NO/c1-10-12(9-14(15)16-2)8-7-11-5-3-4-6-13(10)11/h3-6,15H,7-9H2,1-2H3. The van der Waals surface area contributed by atoms with Gasteiger partial charge < -0.3 is 4.74 Å². The molecule has 1 aliphatic carbocycles. The summed E-state index contributed by atoms with van der Waals surface area (Å²) in [4.78, 5) is 0. The molecule has 0 spiro atoms. The van der Waals surface area contributed by atoms with E-state index in [1.807, 2.05) is 0 Å². The third-order valence-corrected chi connectivity index (χ3v) is 3.27. The molecule has 0 amide bonds. The van der Waals surface area contributed by atoms with Crippen LogP contribution in [0.5, 0.6) is 0 Å². The largest absolute Gasteiger partial charge is 0.484 e. The topological polar surface area (TPSA) is 33.1 Å². The van der Waals surface area contributed by atoms with Crippen LogP contribution in [0, 0.1) is 5.41 Å². The molecule has 2 heteroatoms. The monoisotopic (exact) mass is 215 g/mol. The molecule has 2 nitrogen and oxygen atoms in total. The predicted octanol–water partition coefficient (Wildman–Crippen LogP) is 3.42. The van der Waals surface area contributed by atoms with E-state index in [0.717, 1.165) is 12.8 Å². The lowest BCUT2D eigenvalue weighted by Gasteiger charge is -2.21. The number of hydrogen-bond acceptors (Lipinski definition) is 2. The molecule has 0 heterocycles. The first-order valence-electron chi connectivity index (χ1n) is 5.60. The van der Waals surface area contributed by atoms with Crippen molar-refractivity contribution in [3.8, 4) is 0 Å². The Hall–Kier alpha value is -1.57. The fourth-order valence-electron chi connectivity index (χ4n) is 2.25. The van der Waals surface area contributed by atoms with E-state index >= 15 is 0 Å². The van der Waals surface area contributed by atoms with Crippen LogP contribution in [0.1, 0.15) is 30.9 Å². The molecule has 0 atom stereocenters. The molecule has 0 radical (unpaired) electrons. The number of fused-ring (bicyclic) bond motifs is 1. The molecule has 0 saturated carbocycles. The van der Waals surface area contributed by atoms with Crippen molar-refractivity contribution >= 4 is 11.5 Å². The lowest BCUT2D eigenvalue weighted by atomic mass is 9.85. The van der Waals surface area contributed by atoms with Gasteiger partial charge in [-0.05, 0) is 36.5 Å². The van der Waals surface area contributed by atoms with Crippen molar-refractivity contribution in [2.24, 2.45) is 0 Å². The summed E-state index contributed by atoms with van der Waals surface area (Å²) in [5.41, 5.74) is 5.43. The van der Waals surface area contributed by atoms with Gasteiger partial charge in [0.05, 0.1) is 7.11 Å². The third kappa shape index (κ3) is 2.01. The first kappa shape index (κ1) is 10.9. The Morgan fingerprint density at radius 3 is 2.81 bits per heavy atom. The molecule has 1 aromatic rings. The summed E-state index contributed by atoms with van der Waals surface area (Å²) in [6, 6.07) is 8.53. The Morgan fingerprint density at radius 2 is 2.06 bits per heavy atom. The molecular formula is C14H17NO. The van der Waals surface area contributed by atoms with Gasteiger partial charge in [-0.3, -0.25) is 5.41 Å². The van der Waals surface area contributed by atoms with E-state index in [0.29, 0.717) is 12.3 Å². The average molecular weight is 215 g/mol. The lowest BCUT2D eigenvalue weighted by molar-refractivity contribution is 0.389. The Balaban J connectivity index is 2.32. The van der Waals surface area contributed by atoms with Crippen LogP contribution in [-0.2, 0) is 11.2 Å². The number of allylic oxidation sites excluding steroid dienone is 1. The summed E-state index contributed by atoms with van der Waals surface area (Å²) in [5, 5.41) is 7.59. The number of aryl methyl sites for hydroxylation is 1. The van der Waals surface area contributed by atoms with E-state index in [1.165, 1.54) is 22.3 Å². The molecule has 0 bridgehead atoms. The molecule has 84 valence electrons. The van der Waals surface area contributed by atoms with Crippen molar-refractivity contribution in [2.45, 2.75) is 26.2 Å². The normalized spacial score (nSPS) is 14.6. The molecule has 0 aliphatic heterocycles. The number of methoxy groups -OCH3 is 1. The quantitative estimate of drug-likeness (QED) is 0.595. The Bertz CT molecular complexity index is 446. The second-order valence-corrected chi connectivity index (χ2v) is 4.19. The van der Waals surface area contributed by atoms with Crippen LogP contribution in [-0.4, -0.2) is 13.0 Å². The summed E-state index contributed by atoms with van der Waals surface area (Å²) in [5.74, 6) is 0.355. The highest BCUT2D eigenvalue weighted by atomic mass is 16.5.